The van der Waals surface area contributed by atoms with Crippen molar-refractivity contribution < 1.29 is 9.31 Å². The molecule has 2 rings (SSSR count). The van der Waals surface area contributed by atoms with Gasteiger partial charge in [-0.05, 0) is 42.1 Å². The van der Waals surface area contributed by atoms with E-state index in [0.717, 1.165) is 19.3 Å². The number of benzene rings is 1. The van der Waals surface area contributed by atoms with Crippen LogP contribution < -0.4 is 10.6 Å². The lowest BCUT2D eigenvalue weighted by atomic mass is 9.96. The zero-order chi connectivity index (χ0) is 14.9. The third kappa shape index (κ3) is 2.93. The van der Waals surface area contributed by atoms with E-state index in [4.69, 9.17) is 5.73 Å². The summed E-state index contributed by atoms with van der Waals surface area (Å²) in [5.41, 5.74) is 6.20. The Bertz CT molecular complexity index is 525. The summed E-state index contributed by atoms with van der Waals surface area (Å²) in [6.45, 7) is 2.54. The second-order valence-corrected chi connectivity index (χ2v) is 5.98. The van der Waals surface area contributed by atoms with Crippen LogP contribution in [0.25, 0.3) is 0 Å². The fraction of sp³-hybridized carbons (Fsp3) is 0.538. The molecule has 0 radical (unpaired) electrons. The highest BCUT2D eigenvalue weighted by molar-refractivity contribution is 9.10. The van der Waals surface area contributed by atoms with Gasteiger partial charge in [0.25, 0.3) is 5.69 Å². The van der Waals surface area contributed by atoms with Crippen LogP contribution in [-0.4, -0.2) is 23.6 Å². The number of hydrogen-bond acceptors (Lipinski definition) is 4. The first-order chi connectivity index (χ1) is 9.41. The van der Waals surface area contributed by atoms with Crippen LogP contribution in [0.3, 0.4) is 0 Å². The highest BCUT2D eigenvalue weighted by Crippen LogP contribution is 2.36. The van der Waals surface area contributed by atoms with Crippen LogP contribution in [0, 0.1) is 15.9 Å². The minimum absolute atomic E-state index is 0.00280. The summed E-state index contributed by atoms with van der Waals surface area (Å²) in [5, 5.41) is 11.2. The molecule has 0 saturated carbocycles. The Kier molecular flexibility index (Phi) is 4.59. The minimum atomic E-state index is -0.500. The molecule has 1 aromatic carbocycles. The van der Waals surface area contributed by atoms with E-state index in [1.807, 2.05) is 11.8 Å². The molecule has 1 saturated heterocycles. The molecule has 2 N–H and O–H groups in total. The van der Waals surface area contributed by atoms with Crippen molar-refractivity contribution in [3.63, 3.8) is 0 Å². The summed E-state index contributed by atoms with van der Waals surface area (Å²) in [5.74, 6) is -0.500. The molecule has 0 amide bonds. The van der Waals surface area contributed by atoms with Crippen LogP contribution in [0.1, 0.15) is 26.2 Å². The van der Waals surface area contributed by atoms with E-state index in [9.17, 15) is 14.5 Å². The van der Waals surface area contributed by atoms with E-state index in [0.29, 0.717) is 12.2 Å². The first-order valence-corrected chi connectivity index (χ1v) is 7.36. The van der Waals surface area contributed by atoms with Gasteiger partial charge in [0, 0.05) is 30.8 Å². The molecule has 20 heavy (non-hydrogen) atoms. The van der Waals surface area contributed by atoms with Gasteiger partial charge in [-0.25, -0.2) is 4.39 Å². The third-order valence-corrected chi connectivity index (χ3v) is 4.29. The van der Waals surface area contributed by atoms with Crippen molar-refractivity contribution in [3.05, 3.63) is 32.5 Å². The molecule has 1 fully saturated rings. The van der Waals surface area contributed by atoms with Crippen LogP contribution in [0.2, 0.25) is 0 Å². The third-order valence-electron chi connectivity index (χ3n) is 3.68. The van der Waals surface area contributed by atoms with Crippen molar-refractivity contribution in [3.8, 4) is 0 Å². The smallest absolute Gasteiger partial charge is 0.293 e. The molecule has 2 unspecified atom stereocenters. The number of nitrogens with two attached hydrogens (primary N) is 1. The van der Waals surface area contributed by atoms with Gasteiger partial charge in [0.15, 0.2) is 0 Å². The Labute approximate surface area is 125 Å². The molecule has 5 nitrogen and oxygen atoms in total. The van der Waals surface area contributed by atoms with E-state index in [2.05, 4.69) is 15.9 Å². The van der Waals surface area contributed by atoms with Gasteiger partial charge in [0.05, 0.1) is 9.40 Å². The summed E-state index contributed by atoms with van der Waals surface area (Å²) in [4.78, 5) is 12.6. The van der Waals surface area contributed by atoms with Gasteiger partial charge in [-0.1, -0.05) is 0 Å². The maximum atomic E-state index is 13.8. The molecule has 1 aliphatic heterocycles. The first kappa shape index (κ1) is 15.2. The quantitative estimate of drug-likeness (QED) is 0.674. The largest absolute Gasteiger partial charge is 0.361 e. The molecule has 7 heteroatoms. The molecule has 1 aliphatic rings. The Morgan fingerprint density at radius 3 is 2.85 bits per heavy atom. The number of hydrogen-bond donors (Lipinski definition) is 1. The Hall–Kier alpha value is -1.21. The lowest BCUT2D eigenvalue weighted by Crippen LogP contribution is -2.49. The topological polar surface area (TPSA) is 72.4 Å². The SMILES string of the molecule is CC(N)C1CCCCN1c1cc(F)c(Br)cc1[N+](=O)[O-]. The molecule has 1 heterocycles. The van der Waals surface area contributed by atoms with Crippen LogP contribution in [0.4, 0.5) is 15.8 Å². The maximum absolute atomic E-state index is 13.8. The average Bonchev–Trinajstić information content (AvgIpc) is 2.41. The van der Waals surface area contributed by atoms with Gasteiger partial charge in [-0.3, -0.25) is 10.1 Å². The van der Waals surface area contributed by atoms with E-state index in [-0.39, 0.29) is 22.2 Å². The predicted molar refractivity (Wildman–Crippen MR) is 79.4 cm³/mol. The van der Waals surface area contributed by atoms with Gasteiger partial charge < -0.3 is 10.6 Å². The molecule has 0 aliphatic carbocycles. The van der Waals surface area contributed by atoms with Crippen molar-refractivity contribution in [2.45, 2.75) is 38.3 Å². The minimum Gasteiger partial charge on any atom is -0.361 e. The van der Waals surface area contributed by atoms with Crippen LogP contribution in [0.5, 0.6) is 0 Å². The van der Waals surface area contributed by atoms with Gasteiger partial charge >= 0.3 is 0 Å². The second-order valence-electron chi connectivity index (χ2n) is 5.13. The van der Waals surface area contributed by atoms with Gasteiger partial charge in [0.2, 0.25) is 0 Å². The highest BCUT2D eigenvalue weighted by atomic mass is 79.9. The van der Waals surface area contributed by atoms with Crippen molar-refractivity contribution in [2.24, 2.45) is 5.73 Å². The second kappa shape index (κ2) is 6.05. The van der Waals surface area contributed by atoms with Crippen molar-refractivity contribution >= 4 is 27.3 Å². The fourth-order valence-corrected chi connectivity index (χ4v) is 3.04. The normalized spacial score (nSPS) is 20.8. The molecule has 0 bridgehead atoms. The molecule has 2 atom stereocenters. The molecule has 110 valence electrons. The fourth-order valence-electron chi connectivity index (χ4n) is 2.71. The summed E-state index contributed by atoms with van der Waals surface area (Å²) in [6.07, 6.45) is 2.83. The van der Waals surface area contributed by atoms with E-state index in [1.54, 1.807) is 0 Å². The average molecular weight is 346 g/mol. The molecule has 0 spiro atoms. The maximum Gasteiger partial charge on any atom is 0.293 e. The number of nitrogens with zero attached hydrogens (tertiary/aromatic N) is 2. The van der Waals surface area contributed by atoms with E-state index >= 15 is 0 Å². The van der Waals surface area contributed by atoms with Crippen molar-refractivity contribution in [1.82, 2.24) is 0 Å². The molecule has 1 aromatic rings. The van der Waals surface area contributed by atoms with Gasteiger partial charge in [0.1, 0.15) is 11.5 Å². The number of halogens is 2. The predicted octanol–water partition coefficient (Wildman–Crippen LogP) is 3.20. The number of piperidine rings is 1. The van der Waals surface area contributed by atoms with Crippen LogP contribution >= 0.6 is 15.9 Å². The van der Waals surface area contributed by atoms with E-state index in [1.165, 1.54) is 12.1 Å². The van der Waals surface area contributed by atoms with Crippen LogP contribution in [0.15, 0.2) is 16.6 Å². The number of nitro benzene ring substituents is 1. The summed E-state index contributed by atoms with van der Waals surface area (Å²) >= 11 is 2.99. The summed E-state index contributed by atoms with van der Waals surface area (Å²) in [7, 11) is 0. The lowest BCUT2D eigenvalue weighted by molar-refractivity contribution is -0.384. The Morgan fingerprint density at radius 1 is 1.55 bits per heavy atom. The van der Waals surface area contributed by atoms with E-state index < -0.39 is 10.7 Å². The van der Waals surface area contributed by atoms with Crippen molar-refractivity contribution in [2.75, 3.05) is 11.4 Å². The van der Waals surface area contributed by atoms with Crippen molar-refractivity contribution in [1.29, 1.82) is 0 Å². The highest BCUT2D eigenvalue weighted by Gasteiger charge is 2.31. The molecular weight excluding hydrogens is 329 g/mol. The zero-order valence-electron chi connectivity index (χ0n) is 11.2. The molecular formula is C13H17BrFN3O2. The number of nitro groups is 1. The standard InChI is InChI=1S/C13H17BrFN3O2/c1-8(16)11-4-2-3-5-17(11)12-7-10(15)9(14)6-13(12)18(19)20/h6-8,11H,2-5,16H2,1H3. The zero-order valence-corrected chi connectivity index (χ0v) is 12.8. The van der Waals surface area contributed by atoms with Gasteiger partial charge in [-0.15, -0.1) is 0 Å². The van der Waals surface area contributed by atoms with Crippen LogP contribution in [-0.2, 0) is 0 Å². The monoisotopic (exact) mass is 345 g/mol. The summed E-state index contributed by atoms with van der Waals surface area (Å²) < 4.78 is 13.9. The number of anilines is 1. The Morgan fingerprint density at radius 2 is 2.25 bits per heavy atom. The summed E-state index contributed by atoms with van der Waals surface area (Å²) in [6, 6.07) is 2.32. The van der Waals surface area contributed by atoms with Gasteiger partial charge in [-0.2, -0.15) is 0 Å². The lowest BCUT2D eigenvalue weighted by Gasteiger charge is -2.39. The molecule has 0 aromatic heterocycles. The first-order valence-electron chi connectivity index (χ1n) is 6.57. The Balaban J connectivity index is 2.49. The number of rotatable bonds is 3.